The highest BCUT2D eigenvalue weighted by Gasteiger charge is 2.23. The van der Waals surface area contributed by atoms with Gasteiger partial charge in [0.2, 0.25) is 0 Å². The Kier molecular flexibility index (Phi) is 7.60. The molecule has 1 heterocycles. The molecule has 0 amide bonds. The lowest BCUT2D eigenvalue weighted by Crippen LogP contribution is -2.38. The molecule has 1 rings (SSSR count). The number of likely N-dealkylation sites (N-methyl/N-ethyl adjacent to an activating group) is 1. The maximum Gasteiger partial charge on any atom is 0.0850 e. The second-order valence-electron chi connectivity index (χ2n) is 5.32. The quantitative estimate of drug-likeness (QED) is 0.745. The molecule has 1 N–H and O–H groups in total. The van der Waals surface area contributed by atoms with Gasteiger partial charge in [0.05, 0.1) is 16.4 Å². The highest BCUT2D eigenvalue weighted by Crippen LogP contribution is 2.25. The van der Waals surface area contributed by atoms with Crippen molar-refractivity contribution in [3.8, 4) is 0 Å². The molecule has 0 aliphatic carbocycles. The number of hydrogen-bond donors (Lipinski definition) is 1. The smallest absolute Gasteiger partial charge is 0.0850 e. The van der Waals surface area contributed by atoms with Gasteiger partial charge in [0, 0.05) is 19.0 Å². The van der Waals surface area contributed by atoms with Crippen LogP contribution in [0.1, 0.15) is 58.8 Å². The lowest BCUT2D eigenvalue weighted by atomic mass is 9.90. The maximum atomic E-state index is 6.53. The van der Waals surface area contributed by atoms with Gasteiger partial charge in [-0.05, 0) is 25.8 Å². The normalized spacial score (nSPS) is 13.2. The van der Waals surface area contributed by atoms with Gasteiger partial charge in [-0.2, -0.15) is 5.10 Å². The molecule has 116 valence electrons. The molecule has 0 aliphatic heterocycles. The van der Waals surface area contributed by atoms with Crippen LogP contribution in [0.3, 0.4) is 0 Å². The minimum atomic E-state index is 0.485. The molecular formula is C16H30ClN3. The summed E-state index contributed by atoms with van der Waals surface area (Å²) in [6.45, 7) is 12.8. The van der Waals surface area contributed by atoms with Crippen LogP contribution in [0.15, 0.2) is 0 Å². The van der Waals surface area contributed by atoms with E-state index in [-0.39, 0.29) is 0 Å². The minimum Gasteiger partial charge on any atom is -0.314 e. The van der Waals surface area contributed by atoms with Gasteiger partial charge in [-0.1, -0.05) is 52.1 Å². The van der Waals surface area contributed by atoms with Gasteiger partial charge in [0.1, 0.15) is 0 Å². The zero-order valence-corrected chi connectivity index (χ0v) is 14.4. The molecule has 20 heavy (non-hydrogen) atoms. The second kappa shape index (κ2) is 8.68. The SMILES string of the molecule is CCNC(Cc1c(Cl)c(CC)nn1CC)C(CC)CC. The fourth-order valence-corrected chi connectivity index (χ4v) is 3.29. The summed E-state index contributed by atoms with van der Waals surface area (Å²) in [6, 6.07) is 0.485. The summed E-state index contributed by atoms with van der Waals surface area (Å²) in [7, 11) is 0. The predicted molar refractivity (Wildman–Crippen MR) is 87.5 cm³/mol. The third-order valence-electron chi connectivity index (χ3n) is 4.19. The highest BCUT2D eigenvalue weighted by molar-refractivity contribution is 6.31. The predicted octanol–water partition coefficient (Wildman–Crippen LogP) is 4.08. The van der Waals surface area contributed by atoms with Crippen molar-refractivity contribution in [3.05, 3.63) is 16.4 Å². The Morgan fingerprint density at radius 3 is 2.25 bits per heavy atom. The number of aromatic nitrogens is 2. The Bertz CT molecular complexity index is 397. The Morgan fingerprint density at radius 1 is 1.15 bits per heavy atom. The van der Waals surface area contributed by atoms with E-state index in [9.17, 15) is 0 Å². The zero-order chi connectivity index (χ0) is 15.1. The van der Waals surface area contributed by atoms with E-state index < -0.39 is 0 Å². The van der Waals surface area contributed by atoms with E-state index in [1.165, 1.54) is 18.5 Å². The van der Waals surface area contributed by atoms with Crippen LogP contribution in [-0.4, -0.2) is 22.4 Å². The lowest BCUT2D eigenvalue weighted by molar-refractivity contribution is 0.331. The van der Waals surface area contributed by atoms with Crippen LogP contribution < -0.4 is 5.32 Å². The molecule has 0 spiro atoms. The topological polar surface area (TPSA) is 29.9 Å². The summed E-state index contributed by atoms with van der Waals surface area (Å²) >= 11 is 6.53. The average molecular weight is 300 g/mol. The van der Waals surface area contributed by atoms with Crippen LogP contribution in [0.5, 0.6) is 0 Å². The number of nitrogens with zero attached hydrogens (tertiary/aromatic N) is 2. The molecule has 1 aromatic heterocycles. The third-order valence-corrected chi connectivity index (χ3v) is 4.63. The molecule has 1 aromatic rings. The van der Waals surface area contributed by atoms with Gasteiger partial charge in [0.25, 0.3) is 0 Å². The van der Waals surface area contributed by atoms with Crippen molar-refractivity contribution in [2.45, 2.75) is 72.9 Å². The lowest BCUT2D eigenvalue weighted by Gasteiger charge is -2.26. The van der Waals surface area contributed by atoms with Gasteiger partial charge in [-0.15, -0.1) is 0 Å². The van der Waals surface area contributed by atoms with Crippen molar-refractivity contribution in [2.75, 3.05) is 6.54 Å². The Balaban J connectivity index is 3.00. The van der Waals surface area contributed by atoms with Crippen molar-refractivity contribution in [1.82, 2.24) is 15.1 Å². The first-order valence-electron chi connectivity index (χ1n) is 8.10. The molecule has 0 aromatic carbocycles. The van der Waals surface area contributed by atoms with E-state index >= 15 is 0 Å². The van der Waals surface area contributed by atoms with Gasteiger partial charge in [-0.25, -0.2) is 0 Å². The van der Waals surface area contributed by atoms with Gasteiger partial charge in [0.15, 0.2) is 0 Å². The summed E-state index contributed by atoms with van der Waals surface area (Å²) in [5.74, 6) is 0.691. The number of hydrogen-bond acceptors (Lipinski definition) is 2. The molecule has 3 nitrogen and oxygen atoms in total. The summed E-state index contributed by atoms with van der Waals surface area (Å²) in [4.78, 5) is 0. The molecule has 0 saturated heterocycles. The molecular weight excluding hydrogens is 270 g/mol. The largest absolute Gasteiger partial charge is 0.314 e. The highest BCUT2D eigenvalue weighted by atomic mass is 35.5. The molecule has 0 aliphatic rings. The van der Waals surface area contributed by atoms with Crippen LogP contribution in [0.2, 0.25) is 5.02 Å². The first-order valence-corrected chi connectivity index (χ1v) is 8.47. The van der Waals surface area contributed by atoms with E-state index in [2.05, 4.69) is 49.7 Å². The van der Waals surface area contributed by atoms with Crippen LogP contribution in [0.4, 0.5) is 0 Å². The molecule has 0 saturated carbocycles. The Morgan fingerprint density at radius 2 is 1.80 bits per heavy atom. The zero-order valence-electron chi connectivity index (χ0n) is 13.7. The average Bonchev–Trinajstić information content (AvgIpc) is 2.76. The van der Waals surface area contributed by atoms with E-state index in [1.54, 1.807) is 0 Å². The van der Waals surface area contributed by atoms with E-state index in [0.717, 1.165) is 36.6 Å². The number of rotatable bonds is 9. The standard InChI is InChI=1S/C16H30ClN3/c1-6-12(7-2)14(18-9-4)11-15-16(17)13(8-3)19-20(15)10-5/h12,14,18H,6-11H2,1-5H3. The second-order valence-corrected chi connectivity index (χ2v) is 5.70. The molecule has 0 fully saturated rings. The van der Waals surface area contributed by atoms with Crippen molar-refractivity contribution < 1.29 is 0 Å². The van der Waals surface area contributed by atoms with Crippen molar-refractivity contribution in [1.29, 1.82) is 0 Å². The van der Waals surface area contributed by atoms with Crippen LogP contribution in [-0.2, 0) is 19.4 Å². The van der Waals surface area contributed by atoms with Crippen molar-refractivity contribution in [2.24, 2.45) is 5.92 Å². The van der Waals surface area contributed by atoms with E-state index in [1.807, 2.05) is 0 Å². The number of nitrogens with one attached hydrogen (secondary N) is 1. The maximum absolute atomic E-state index is 6.53. The van der Waals surface area contributed by atoms with Crippen LogP contribution >= 0.6 is 11.6 Å². The number of halogens is 1. The van der Waals surface area contributed by atoms with Crippen LogP contribution in [0, 0.1) is 5.92 Å². The van der Waals surface area contributed by atoms with Gasteiger partial charge < -0.3 is 5.32 Å². The molecule has 1 atom stereocenters. The molecule has 4 heteroatoms. The summed E-state index contributed by atoms with van der Waals surface area (Å²) in [5, 5.41) is 9.14. The monoisotopic (exact) mass is 299 g/mol. The molecule has 0 radical (unpaired) electrons. The Labute approximate surface area is 129 Å². The Hall–Kier alpha value is -0.540. The van der Waals surface area contributed by atoms with Gasteiger partial charge >= 0.3 is 0 Å². The first-order chi connectivity index (χ1) is 9.62. The van der Waals surface area contributed by atoms with Crippen molar-refractivity contribution >= 4 is 11.6 Å². The molecule has 0 bridgehead atoms. The van der Waals surface area contributed by atoms with Crippen LogP contribution in [0.25, 0.3) is 0 Å². The van der Waals surface area contributed by atoms with E-state index in [0.29, 0.717) is 12.0 Å². The molecule has 1 unspecified atom stereocenters. The van der Waals surface area contributed by atoms with Crippen molar-refractivity contribution in [3.63, 3.8) is 0 Å². The summed E-state index contributed by atoms with van der Waals surface area (Å²) < 4.78 is 2.08. The fourth-order valence-electron chi connectivity index (χ4n) is 2.95. The minimum absolute atomic E-state index is 0.485. The van der Waals surface area contributed by atoms with E-state index in [4.69, 9.17) is 11.6 Å². The fraction of sp³-hybridized carbons (Fsp3) is 0.812. The summed E-state index contributed by atoms with van der Waals surface area (Å²) in [6.07, 6.45) is 4.27. The number of aryl methyl sites for hydroxylation is 2. The third kappa shape index (κ3) is 3.98. The summed E-state index contributed by atoms with van der Waals surface area (Å²) in [5.41, 5.74) is 2.23. The first kappa shape index (κ1) is 17.5. The van der Waals surface area contributed by atoms with Gasteiger partial charge in [-0.3, -0.25) is 4.68 Å².